The minimum absolute atomic E-state index is 0.00560. The first kappa shape index (κ1) is 21.9. The third-order valence-electron chi connectivity index (χ3n) is 4.81. The molecule has 1 amide bonds. The first-order valence-electron chi connectivity index (χ1n) is 9.75. The second-order valence-corrected chi connectivity index (χ2v) is 7.44. The Morgan fingerprint density at radius 1 is 1.30 bits per heavy atom. The lowest BCUT2D eigenvalue weighted by Crippen LogP contribution is -2.37. The van der Waals surface area contributed by atoms with Crippen LogP contribution in [0.1, 0.15) is 41.8 Å². The van der Waals surface area contributed by atoms with Crippen molar-refractivity contribution < 1.29 is 22.7 Å². The number of nitrogens with zero attached hydrogens (tertiary/aromatic N) is 4. The quantitative estimate of drug-likeness (QED) is 0.545. The number of furan rings is 1. The van der Waals surface area contributed by atoms with Gasteiger partial charge in [-0.2, -0.15) is 5.10 Å². The highest BCUT2D eigenvalue weighted by molar-refractivity contribution is 6.06. The van der Waals surface area contributed by atoms with Crippen LogP contribution in [-0.2, 0) is 4.74 Å². The van der Waals surface area contributed by atoms with E-state index in [2.05, 4.69) is 5.10 Å². The van der Waals surface area contributed by atoms with E-state index in [9.17, 15) is 13.6 Å². The Kier molecular flexibility index (Phi) is 6.50. The standard InChI is InChI=1S/C21H26F2N4O3/c1-12(2)27-20-17(10-24-27)16(21(28)26(6-7-29-5)11-19(22)23)9-18(25-20)15-8-13(3)30-14(15)4/h8-10,12,19H,6-7,11H2,1-5H3. The number of aryl methyl sites for hydroxylation is 2. The van der Waals surface area contributed by atoms with Gasteiger partial charge in [0.15, 0.2) is 5.65 Å². The summed E-state index contributed by atoms with van der Waals surface area (Å²) in [4.78, 5) is 19.1. The fourth-order valence-electron chi connectivity index (χ4n) is 3.41. The molecule has 0 saturated carbocycles. The average Bonchev–Trinajstić information content (AvgIpc) is 3.26. The SMILES string of the molecule is COCCN(CC(F)F)C(=O)c1cc(-c2cc(C)oc2C)nc2c1cnn2C(C)C. The van der Waals surface area contributed by atoms with Gasteiger partial charge in [0.05, 0.1) is 36.0 Å². The molecular formula is C21H26F2N4O3. The Bertz CT molecular complexity index is 1040. The van der Waals surface area contributed by atoms with Crippen molar-refractivity contribution in [1.29, 1.82) is 0 Å². The molecule has 0 aliphatic heterocycles. The Morgan fingerprint density at radius 3 is 2.60 bits per heavy atom. The van der Waals surface area contributed by atoms with Crippen molar-refractivity contribution in [3.05, 3.63) is 35.4 Å². The fourth-order valence-corrected chi connectivity index (χ4v) is 3.41. The Balaban J connectivity index is 2.18. The molecule has 3 aromatic rings. The molecule has 3 rings (SSSR count). The van der Waals surface area contributed by atoms with Crippen LogP contribution in [0, 0.1) is 13.8 Å². The van der Waals surface area contributed by atoms with Gasteiger partial charge in [-0.25, -0.2) is 18.4 Å². The fraction of sp³-hybridized carbons (Fsp3) is 0.476. The maximum absolute atomic E-state index is 13.3. The van der Waals surface area contributed by atoms with Crippen LogP contribution in [0.2, 0.25) is 0 Å². The van der Waals surface area contributed by atoms with Crippen molar-refractivity contribution in [3.63, 3.8) is 0 Å². The summed E-state index contributed by atoms with van der Waals surface area (Å²) >= 11 is 0. The number of fused-ring (bicyclic) bond motifs is 1. The Hall–Kier alpha value is -2.81. The molecule has 30 heavy (non-hydrogen) atoms. The summed E-state index contributed by atoms with van der Waals surface area (Å²) in [6.45, 7) is 7.09. The topological polar surface area (TPSA) is 73.4 Å². The third kappa shape index (κ3) is 4.35. The van der Waals surface area contributed by atoms with E-state index in [1.807, 2.05) is 33.8 Å². The molecule has 0 N–H and O–H groups in total. The normalized spacial score (nSPS) is 11.8. The van der Waals surface area contributed by atoms with Crippen molar-refractivity contribution in [2.45, 2.75) is 40.2 Å². The number of rotatable bonds is 8. The number of hydrogen-bond donors (Lipinski definition) is 0. The summed E-state index contributed by atoms with van der Waals surface area (Å²) in [5.74, 6) is 0.869. The maximum atomic E-state index is 13.3. The van der Waals surface area contributed by atoms with E-state index < -0.39 is 18.9 Å². The highest BCUT2D eigenvalue weighted by Gasteiger charge is 2.25. The van der Waals surface area contributed by atoms with Gasteiger partial charge in [0.1, 0.15) is 11.5 Å². The van der Waals surface area contributed by atoms with Gasteiger partial charge in [-0.05, 0) is 39.8 Å². The number of carbonyl (C=O) groups is 1. The lowest BCUT2D eigenvalue weighted by Gasteiger charge is -2.22. The summed E-state index contributed by atoms with van der Waals surface area (Å²) < 4.78 is 38.6. The summed E-state index contributed by atoms with van der Waals surface area (Å²) in [7, 11) is 1.46. The van der Waals surface area contributed by atoms with E-state index in [0.717, 1.165) is 10.5 Å². The molecule has 0 aliphatic carbocycles. The molecule has 0 spiro atoms. The molecule has 9 heteroatoms. The Morgan fingerprint density at radius 2 is 2.03 bits per heavy atom. The predicted octanol–water partition coefficient (Wildman–Crippen LogP) is 4.24. The monoisotopic (exact) mass is 420 g/mol. The van der Waals surface area contributed by atoms with Crippen LogP contribution in [0.15, 0.2) is 22.7 Å². The molecule has 162 valence electrons. The van der Waals surface area contributed by atoms with E-state index >= 15 is 0 Å². The van der Waals surface area contributed by atoms with E-state index in [4.69, 9.17) is 14.1 Å². The molecule has 0 unspecified atom stereocenters. The first-order chi connectivity index (χ1) is 14.2. The summed E-state index contributed by atoms with van der Waals surface area (Å²) in [5, 5.41) is 4.89. The van der Waals surface area contributed by atoms with Crippen LogP contribution in [0.3, 0.4) is 0 Å². The van der Waals surface area contributed by atoms with Gasteiger partial charge < -0.3 is 14.1 Å². The number of halogens is 2. The largest absolute Gasteiger partial charge is 0.466 e. The van der Waals surface area contributed by atoms with Gasteiger partial charge in [0.2, 0.25) is 0 Å². The summed E-state index contributed by atoms with van der Waals surface area (Å²) in [6.07, 6.45) is -1.09. The lowest BCUT2D eigenvalue weighted by molar-refractivity contribution is 0.0479. The zero-order valence-corrected chi connectivity index (χ0v) is 17.8. The first-order valence-corrected chi connectivity index (χ1v) is 9.75. The number of alkyl halides is 2. The van der Waals surface area contributed by atoms with Crippen molar-refractivity contribution in [2.75, 3.05) is 26.8 Å². The minimum atomic E-state index is -2.65. The maximum Gasteiger partial charge on any atom is 0.255 e. The zero-order valence-electron chi connectivity index (χ0n) is 17.8. The third-order valence-corrected chi connectivity index (χ3v) is 4.81. The van der Waals surface area contributed by atoms with Crippen molar-refractivity contribution in [3.8, 4) is 11.3 Å². The molecule has 0 fully saturated rings. The van der Waals surface area contributed by atoms with Gasteiger partial charge in [0.25, 0.3) is 12.3 Å². The second-order valence-electron chi connectivity index (χ2n) is 7.44. The van der Waals surface area contributed by atoms with Crippen LogP contribution in [0.25, 0.3) is 22.3 Å². The van der Waals surface area contributed by atoms with E-state index in [1.165, 1.54) is 7.11 Å². The molecule has 0 bridgehead atoms. The summed E-state index contributed by atoms with van der Waals surface area (Å²) in [5.41, 5.74) is 2.08. The Labute approximate surface area is 173 Å². The number of ether oxygens (including phenoxy) is 1. The van der Waals surface area contributed by atoms with Gasteiger partial charge in [-0.1, -0.05) is 0 Å². The molecule has 3 aromatic heterocycles. The van der Waals surface area contributed by atoms with Crippen LogP contribution in [0.4, 0.5) is 8.78 Å². The van der Waals surface area contributed by atoms with E-state index in [-0.39, 0.29) is 24.8 Å². The molecule has 0 saturated heterocycles. The smallest absolute Gasteiger partial charge is 0.255 e. The van der Waals surface area contributed by atoms with Crippen LogP contribution in [-0.4, -0.2) is 58.8 Å². The highest BCUT2D eigenvalue weighted by Crippen LogP contribution is 2.30. The van der Waals surface area contributed by atoms with Gasteiger partial charge in [0, 0.05) is 25.3 Å². The minimum Gasteiger partial charge on any atom is -0.466 e. The number of carbonyl (C=O) groups excluding carboxylic acids is 1. The number of hydrogen-bond acceptors (Lipinski definition) is 5. The van der Waals surface area contributed by atoms with Crippen LogP contribution < -0.4 is 0 Å². The zero-order chi connectivity index (χ0) is 22.0. The molecule has 0 atom stereocenters. The molecule has 3 heterocycles. The molecule has 0 radical (unpaired) electrons. The highest BCUT2D eigenvalue weighted by atomic mass is 19.3. The van der Waals surface area contributed by atoms with Crippen molar-refractivity contribution in [1.82, 2.24) is 19.7 Å². The molecule has 0 aliphatic rings. The van der Waals surface area contributed by atoms with Gasteiger partial charge >= 0.3 is 0 Å². The molecule has 7 nitrogen and oxygen atoms in total. The van der Waals surface area contributed by atoms with E-state index in [0.29, 0.717) is 28.2 Å². The van der Waals surface area contributed by atoms with Gasteiger partial charge in [-0.3, -0.25) is 4.79 Å². The number of pyridine rings is 1. The van der Waals surface area contributed by atoms with E-state index in [1.54, 1.807) is 16.9 Å². The lowest BCUT2D eigenvalue weighted by atomic mass is 10.1. The molecule has 0 aromatic carbocycles. The number of aromatic nitrogens is 3. The summed E-state index contributed by atoms with van der Waals surface area (Å²) in [6, 6.07) is 3.47. The number of methoxy groups -OCH3 is 1. The van der Waals surface area contributed by atoms with Crippen molar-refractivity contribution >= 4 is 16.9 Å². The van der Waals surface area contributed by atoms with Crippen molar-refractivity contribution in [2.24, 2.45) is 0 Å². The van der Waals surface area contributed by atoms with Crippen LogP contribution in [0.5, 0.6) is 0 Å². The molecular weight excluding hydrogens is 394 g/mol. The second kappa shape index (κ2) is 8.91. The number of amides is 1. The van der Waals surface area contributed by atoms with Crippen LogP contribution >= 0.6 is 0 Å². The average molecular weight is 420 g/mol. The van der Waals surface area contributed by atoms with Gasteiger partial charge in [-0.15, -0.1) is 0 Å². The predicted molar refractivity (Wildman–Crippen MR) is 109 cm³/mol.